The normalized spacial score (nSPS) is 27.6. The van der Waals surface area contributed by atoms with Gasteiger partial charge in [-0.25, -0.2) is 4.79 Å². The smallest absolute Gasteiger partial charge is 0.339 e. The first-order chi connectivity index (χ1) is 8.63. The van der Waals surface area contributed by atoms with Gasteiger partial charge in [-0.05, 0) is 12.8 Å². The Hall–Kier alpha value is -1.40. The molecule has 0 amide bonds. The van der Waals surface area contributed by atoms with E-state index in [1.165, 1.54) is 6.20 Å². The minimum Gasteiger partial charge on any atom is -0.478 e. The molecule has 2 saturated heterocycles. The van der Waals surface area contributed by atoms with Gasteiger partial charge in [0.05, 0.1) is 24.1 Å². The molecule has 3 heterocycles. The summed E-state index contributed by atoms with van der Waals surface area (Å²) in [5.41, 5.74) is 1.07. The number of carboxylic acids is 1. The van der Waals surface area contributed by atoms with Crippen LogP contribution in [0.3, 0.4) is 0 Å². The highest BCUT2D eigenvalue weighted by Gasteiger charge is 2.34. The van der Waals surface area contributed by atoms with Gasteiger partial charge in [0.15, 0.2) is 0 Å². The Morgan fingerprint density at radius 1 is 1.50 bits per heavy atom. The third-order valence-electron chi connectivity index (χ3n) is 3.78. The molecule has 1 aromatic rings. The minimum absolute atomic E-state index is 0.302. The van der Waals surface area contributed by atoms with Crippen molar-refractivity contribution in [1.82, 2.24) is 14.7 Å². The van der Waals surface area contributed by atoms with Crippen molar-refractivity contribution in [3.8, 4) is 0 Å². The maximum atomic E-state index is 11.1. The molecule has 6 heteroatoms. The molecule has 2 bridgehead atoms. The fraction of sp³-hybridized carbons (Fsp3) is 0.667. The van der Waals surface area contributed by atoms with E-state index in [0.29, 0.717) is 24.3 Å². The molecule has 0 aliphatic carbocycles. The van der Waals surface area contributed by atoms with Crippen molar-refractivity contribution in [2.75, 3.05) is 13.1 Å². The highest BCUT2D eigenvalue weighted by Crippen LogP contribution is 2.27. The van der Waals surface area contributed by atoms with Gasteiger partial charge in [-0.3, -0.25) is 9.58 Å². The molecular formula is C12H17N3O3. The number of aryl methyl sites for hydroxylation is 1. The first-order valence-corrected chi connectivity index (χ1v) is 6.25. The van der Waals surface area contributed by atoms with Crippen molar-refractivity contribution in [3.63, 3.8) is 0 Å². The zero-order chi connectivity index (χ0) is 12.7. The summed E-state index contributed by atoms with van der Waals surface area (Å²) >= 11 is 0. The molecule has 2 aliphatic heterocycles. The average molecular weight is 251 g/mol. The van der Waals surface area contributed by atoms with Crippen molar-refractivity contribution in [3.05, 3.63) is 17.5 Å². The van der Waals surface area contributed by atoms with Crippen LogP contribution >= 0.6 is 0 Å². The molecule has 2 aliphatic rings. The van der Waals surface area contributed by atoms with Crippen LogP contribution in [0.25, 0.3) is 0 Å². The van der Waals surface area contributed by atoms with Crippen molar-refractivity contribution in [2.45, 2.75) is 31.6 Å². The number of hydrogen-bond donors (Lipinski definition) is 1. The Balaban J connectivity index is 1.76. The molecule has 6 nitrogen and oxygen atoms in total. The number of rotatable bonds is 3. The molecule has 2 fully saturated rings. The van der Waals surface area contributed by atoms with Crippen LogP contribution in [-0.4, -0.2) is 51.1 Å². The molecule has 2 unspecified atom stereocenters. The summed E-state index contributed by atoms with van der Waals surface area (Å²) in [6.45, 7) is 2.41. The van der Waals surface area contributed by atoms with E-state index >= 15 is 0 Å². The second-order valence-corrected chi connectivity index (χ2v) is 5.09. The monoisotopic (exact) mass is 251 g/mol. The van der Waals surface area contributed by atoms with Crippen LogP contribution in [0.15, 0.2) is 6.20 Å². The Bertz CT molecular complexity index is 459. The van der Waals surface area contributed by atoms with Gasteiger partial charge < -0.3 is 9.84 Å². The van der Waals surface area contributed by atoms with Gasteiger partial charge in [0.2, 0.25) is 0 Å². The number of aromatic carboxylic acids is 1. The molecule has 3 rings (SSSR count). The summed E-state index contributed by atoms with van der Waals surface area (Å²) in [5, 5.41) is 13.2. The largest absolute Gasteiger partial charge is 0.478 e. The Morgan fingerprint density at radius 2 is 2.17 bits per heavy atom. The van der Waals surface area contributed by atoms with E-state index in [9.17, 15) is 4.79 Å². The fourth-order valence-corrected chi connectivity index (χ4v) is 2.87. The van der Waals surface area contributed by atoms with Crippen LogP contribution in [0, 0.1) is 0 Å². The second-order valence-electron chi connectivity index (χ2n) is 5.09. The standard InChI is InChI=1S/C12H17N3O3/c1-14-11(10(4-13-14)12(16)17)7-15-5-8-2-3-9(6-15)18-8/h4,8-9H,2-3,5-7H2,1H3,(H,16,17). The molecule has 0 aromatic carbocycles. The number of ether oxygens (including phenoxy) is 1. The predicted molar refractivity (Wildman–Crippen MR) is 63.3 cm³/mol. The highest BCUT2D eigenvalue weighted by molar-refractivity contribution is 5.88. The number of morpholine rings is 1. The second kappa shape index (κ2) is 4.37. The molecule has 18 heavy (non-hydrogen) atoms. The van der Waals surface area contributed by atoms with Crippen LogP contribution in [-0.2, 0) is 18.3 Å². The summed E-state index contributed by atoms with van der Waals surface area (Å²) in [6.07, 6.45) is 4.32. The summed E-state index contributed by atoms with van der Waals surface area (Å²) in [5.74, 6) is -0.908. The maximum Gasteiger partial charge on any atom is 0.339 e. The summed E-state index contributed by atoms with van der Waals surface area (Å²) in [7, 11) is 1.79. The number of carboxylic acid groups (broad SMARTS) is 1. The average Bonchev–Trinajstić information content (AvgIpc) is 2.84. The third-order valence-corrected chi connectivity index (χ3v) is 3.78. The van der Waals surface area contributed by atoms with Gasteiger partial charge in [-0.2, -0.15) is 5.10 Å². The lowest BCUT2D eigenvalue weighted by Crippen LogP contribution is -2.42. The summed E-state index contributed by atoms with van der Waals surface area (Å²) < 4.78 is 7.43. The van der Waals surface area contributed by atoms with Crippen LogP contribution < -0.4 is 0 Å². The lowest BCUT2D eigenvalue weighted by atomic mass is 10.2. The molecule has 2 atom stereocenters. The van der Waals surface area contributed by atoms with Crippen LogP contribution in [0.5, 0.6) is 0 Å². The molecule has 1 N–H and O–H groups in total. The van der Waals surface area contributed by atoms with Gasteiger partial charge in [-0.15, -0.1) is 0 Å². The van der Waals surface area contributed by atoms with Gasteiger partial charge in [0.1, 0.15) is 5.56 Å². The number of nitrogens with zero attached hydrogens (tertiary/aromatic N) is 3. The molecule has 0 radical (unpaired) electrons. The van der Waals surface area contributed by atoms with E-state index in [2.05, 4.69) is 10.00 Å². The van der Waals surface area contributed by atoms with Crippen LogP contribution in [0.4, 0.5) is 0 Å². The molecule has 98 valence electrons. The highest BCUT2D eigenvalue weighted by atomic mass is 16.5. The van der Waals surface area contributed by atoms with Crippen molar-refractivity contribution in [1.29, 1.82) is 0 Å². The summed E-state index contributed by atoms with van der Waals surface area (Å²) in [4.78, 5) is 13.4. The number of fused-ring (bicyclic) bond motifs is 2. The first-order valence-electron chi connectivity index (χ1n) is 6.25. The van der Waals surface area contributed by atoms with E-state index in [-0.39, 0.29) is 0 Å². The van der Waals surface area contributed by atoms with Crippen LogP contribution in [0.1, 0.15) is 28.9 Å². The van der Waals surface area contributed by atoms with Crippen molar-refractivity contribution < 1.29 is 14.6 Å². The number of hydrogen-bond acceptors (Lipinski definition) is 4. The fourth-order valence-electron chi connectivity index (χ4n) is 2.87. The third kappa shape index (κ3) is 2.02. The van der Waals surface area contributed by atoms with Crippen molar-refractivity contribution in [2.24, 2.45) is 7.05 Å². The van der Waals surface area contributed by atoms with E-state index in [1.54, 1.807) is 11.7 Å². The van der Waals surface area contributed by atoms with Crippen molar-refractivity contribution >= 4 is 5.97 Å². The zero-order valence-corrected chi connectivity index (χ0v) is 10.4. The van der Waals surface area contributed by atoms with E-state index in [1.807, 2.05) is 0 Å². The van der Waals surface area contributed by atoms with Gasteiger partial charge in [0, 0.05) is 26.7 Å². The molecular weight excluding hydrogens is 234 g/mol. The first kappa shape index (κ1) is 11.7. The molecule has 1 aromatic heterocycles. The van der Waals surface area contributed by atoms with E-state index in [0.717, 1.165) is 31.6 Å². The predicted octanol–water partition coefficient (Wildman–Crippen LogP) is 0.481. The zero-order valence-electron chi connectivity index (χ0n) is 10.4. The van der Waals surface area contributed by atoms with Gasteiger partial charge in [-0.1, -0.05) is 0 Å². The lowest BCUT2D eigenvalue weighted by Gasteiger charge is -2.32. The summed E-state index contributed by atoms with van der Waals surface area (Å²) in [6, 6.07) is 0. The lowest BCUT2D eigenvalue weighted by molar-refractivity contribution is -0.0417. The number of aromatic nitrogens is 2. The van der Waals surface area contributed by atoms with E-state index in [4.69, 9.17) is 9.84 Å². The van der Waals surface area contributed by atoms with E-state index < -0.39 is 5.97 Å². The van der Waals surface area contributed by atoms with Gasteiger partial charge >= 0.3 is 5.97 Å². The Labute approximate surface area is 105 Å². The van der Waals surface area contributed by atoms with Crippen LogP contribution in [0.2, 0.25) is 0 Å². The SMILES string of the molecule is Cn1ncc(C(=O)O)c1CN1CC2CCC(C1)O2. The molecule has 0 spiro atoms. The quantitative estimate of drug-likeness (QED) is 0.846. The number of likely N-dealkylation sites (tertiary alicyclic amines) is 1. The Kier molecular flexibility index (Phi) is 2.83. The Morgan fingerprint density at radius 3 is 2.78 bits per heavy atom. The van der Waals surface area contributed by atoms with Gasteiger partial charge in [0.25, 0.3) is 0 Å². The molecule has 0 saturated carbocycles. The topological polar surface area (TPSA) is 67.6 Å². The minimum atomic E-state index is -0.908. The maximum absolute atomic E-state index is 11.1. The number of carbonyl (C=O) groups is 1.